The van der Waals surface area contributed by atoms with Crippen molar-refractivity contribution in [3.63, 3.8) is 0 Å². The highest BCUT2D eigenvalue weighted by atomic mass is 16.5. The number of ether oxygens (including phenoxy) is 2. The van der Waals surface area contributed by atoms with Crippen LogP contribution in [-0.2, 0) is 26.3 Å². The maximum Gasteiger partial charge on any atom is 0.338 e. The van der Waals surface area contributed by atoms with Crippen molar-refractivity contribution in [3.8, 4) is 5.75 Å². The van der Waals surface area contributed by atoms with Crippen molar-refractivity contribution in [3.05, 3.63) is 65.2 Å². The van der Waals surface area contributed by atoms with Gasteiger partial charge in [0.15, 0.2) is 6.61 Å². The van der Waals surface area contributed by atoms with Gasteiger partial charge in [0, 0.05) is 6.92 Å². The van der Waals surface area contributed by atoms with Gasteiger partial charge in [0.2, 0.25) is 5.91 Å². The number of hydrogen-bond acceptors (Lipinski definition) is 5. The van der Waals surface area contributed by atoms with E-state index in [1.54, 1.807) is 24.3 Å². The molecule has 2 rings (SSSR count). The second-order valence-electron chi connectivity index (χ2n) is 7.57. The van der Waals surface area contributed by atoms with Crippen LogP contribution >= 0.6 is 0 Å². The molecule has 2 aromatic carbocycles. The van der Waals surface area contributed by atoms with Gasteiger partial charge in [0.25, 0.3) is 5.91 Å². The molecular weight excluding hydrogens is 372 g/mol. The van der Waals surface area contributed by atoms with Crippen molar-refractivity contribution in [1.82, 2.24) is 10.9 Å². The highest BCUT2D eigenvalue weighted by Crippen LogP contribution is 2.24. The highest BCUT2D eigenvalue weighted by molar-refractivity contribution is 5.91. The van der Waals surface area contributed by atoms with Gasteiger partial charge in [-0.05, 0) is 40.8 Å². The van der Waals surface area contributed by atoms with Gasteiger partial charge in [0.1, 0.15) is 12.4 Å². The molecule has 0 spiro atoms. The average molecular weight is 398 g/mol. The quantitative estimate of drug-likeness (QED) is 0.576. The zero-order valence-electron chi connectivity index (χ0n) is 17.1. The van der Waals surface area contributed by atoms with E-state index in [1.165, 1.54) is 12.5 Å². The topological polar surface area (TPSA) is 93.7 Å². The van der Waals surface area contributed by atoms with E-state index in [9.17, 15) is 14.4 Å². The molecule has 0 unspecified atom stereocenters. The van der Waals surface area contributed by atoms with Crippen LogP contribution in [0.25, 0.3) is 0 Å². The van der Waals surface area contributed by atoms with Gasteiger partial charge in [-0.1, -0.05) is 45.0 Å². The largest absolute Gasteiger partial charge is 0.489 e. The normalized spacial score (nSPS) is 10.8. The lowest BCUT2D eigenvalue weighted by Crippen LogP contribution is -2.42. The second-order valence-corrected chi connectivity index (χ2v) is 7.57. The molecule has 2 amide bonds. The maximum atomic E-state index is 12.0. The Labute approximate surface area is 170 Å². The lowest BCUT2D eigenvalue weighted by atomic mass is 9.87. The van der Waals surface area contributed by atoms with E-state index in [2.05, 4.69) is 43.8 Å². The fourth-order valence-electron chi connectivity index (χ4n) is 2.36. The van der Waals surface area contributed by atoms with Crippen LogP contribution in [0, 0.1) is 0 Å². The Morgan fingerprint density at radius 1 is 0.897 bits per heavy atom. The first kappa shape index (κ1) is 21.9. The molecule has 0 aliphatic carbocycles. The molecule has 29 heavy (non-hydrogen) atoms. The van der Waals surface area contributed by atoms with Crippen LogP contribution in [0.15, 0.2) is 48.5 Å². The summed E-state index contributed by atoms with van der Waals surface area (Å²) in [6, 6.07) is 14.7. The second kappa shape index (κ2) is 9.73. The smallest absolute Gasteiger partial charge is 0.338 e. The summed E-state index contributed by atoms with van der Waals surface area (Å²) in [5, 5.41) is 0. The number of carbonyl (C=O) groups excluding carboxylic acids is 3. The SMILES string of the molecule is CC(=O)NNC(=O)COC(=O)c1ccc(COc2ccc(C(C)(C)C)cc2)cc1. The lowest BCUT2D eigenvalue weighted by molar-refractivity contribution is -0.129. The number of benzene rings is 2. The molecule has 0 heterocycles. The summed E-state index contributed by atoms with van der Waals surface area (Å²) >= 11 is 0. The Bertz CT molecular complexity index is 852. The highest BCUT2D eigenvalue weighted by Gasteiger charge is 2.13. The van der Waals surface area contributed by atoms with Gasteiger partial charge in [-0.25, -0.2) is 4.79 Å². The minimum atomic E-state index is -0.631. The average Bonchev–Trinajstić information content (AvgIpc) is 2.69. The minimum Gasteiger partial charge on any atom is -0.489 e. The van der Waals surface area contributed by atoms with Crippen molar-refractivity contribution in [2.75, 3.05) is 6.61 Å². The first-order valence-corrected chi connectivity index (χ1v) is 9.20. The molecule has 0 saturated carbocycles. The molecule has 7 nitrogen and oxygen atoms in total. The fraction of sp³-hybridized carbons (Fsp3) is 0.318. The molecule has 0 radical (unpaired) electrons. The van der Waals surface area contributed by atoms with E-state index < -0.39 is 24.4 Å². The molecule has 0 aromatic heterocycles. The van der Waals surface area contributed by atoms with E-state index in [0.717, 1.165) is 11.3 Å². The monoisotopic (exact) mass is 398 g/mol. The molecule has 7 heteroatoms. The molecule has 2 N–H and O–H groups in total. The van der Waals surface area contributed by atoms with Gasteiger partial charge in [-0.3, -0.25) is 20.4 Å². The van der Waals surface area contributed by atoms with Gasteiger partial charge in [-0.15, -0.1) is 0 Å². The van der Waals surface area contributed by atoms with Gasteiger partial charge < -0.3 is 9.47 Å². The Hall–Kier alpha value is -3.35. The van der Waals surface area contributed by atoms with Crippen LogP contribution in [0.1, 0.15) is 49.2 Å². The molecular formula is C22H26N2O5. The molecule has 0 atom stereocenters. The molecule has 2 aromatic rings. The number of hydrazine groups is 1. The molecule has 0 bridgehead atoms. The summed E-state index contributed by atoms with van der Waals surface area (Å²) in [6.45, 7) is 7.59. The van der Waals surface area contributed by atoms with Crippen molar-refractivity contribution in [2.45, 2.75) is 39.7 Å². The van der Waals surface area contributed by atoms with Crippen LogP contribution in [0.2, 0.25) is 0 Å². The fourth-order valence-corrected chi connectivity index (χ4v) is 2.36. The summed E-state index contributed by atoms with van der Waals surface area (Å²) in [4.78, 5) is 34.1. The first-order valence-electron chi connectivity index (χ1n) is 9.20. The van der Waals surface area contributed by atoms with E-state index >= 15 is 0 Å². The Kier molecular flexibility index (Phi) is 7.36. The number of carbonyl (C=O) groups is 3. The number of nitrogens with one attached hydrogen (secondary N) is 2. The number of esters is 1. The van der Waals surface area contributed by atoms with Crippen molar-refractivity contribution in [2.24, 2.45) is 0 Å². The van der Waals surface area contributed by atoms with Gasteiger partial charge in [-0.2, -0.15) is 0 Å². The van der Waals surface area contributed by atoms with Gasteiger partial charge >= 0.3 is 5.97 Å². The third-order valence-electron chi connectivity index (χ3n) is 4.03. The van der Waals surface area contributed by atoms with E-state index in [0.29, 0.717) is 12.2 Å². The Morgan fingerprint density at radius 2 is 1.52 bits per heavy atom. The third-order valence-corrected chi connectivity index (χ3v) is 4.03. The van der Waals surface area contributed by atoms with Crippen LogP contribution in [0.4, 0.5) is 0 Å². The molecule has 154 valence electrons. The first-order chi connectivity index (χ1) is 13.6. The van der Waals surface area contributed by atoms with E-state index in [-0.39, 0.29) is 5.41 Å². The summed E-state index contributed by atoms with van der Waals surface area (Å²) < 4.78 is 10.7. The van der Waals surface area contributed by atoms with Crippen molar-refractivity contribution >= 4 is 17.8 Å². The zero-order valence-corrected chi connectivity index (χ0v) is 17.1. The summed E-state index contributed by atoms with van der Waals surface area (Å²) in [7, 11) is 0. The van der Waals surface area contributed by atoms with Crippen LogP contribution in [-0.4, -0.2) is 24.4 Å². The van der Waals surface area contributed by atoms with E-state index in [4.69, 9.17) is 9.47 Å². The zero-order chi connectivity index (χ0) is 21.4. The van der Waals surface area contributed by atoms with Crippen LogP contribution in [0.3, 0.4) is 0 Å². The molecule has 0 aliphatic rings. The van der Waals surface area contributed by atoms with Crippen molar-refractivity contribution < 1.29 is 23.9 Å². The molecule has 0 fully saturated rings. The van der Waals surface area contributed by atoms with Crippen LogP contribution < -0.4 is 15.6 Å². The molecule has 0 saturated heterocycles. The predicted octanol–water partition coefficient (Wildman–Crippen LogP) is 2.89. The summed E-state index contributed by atoms with van der Waals surface area (Å²) in [6.07, 6.45) is 0. The van der Waals surface area contributed by atoms with E-state index in [1.807, 2.05) is 12.1 Å². The lowest BCUT2D eigenvalue weighted by Gasteiger charge is -2.19. The van der Waals surface area contributed by atoms with Gasteiger partial charge in [0.05, 0.1) is 5.56 Å². The number of hydrogen-bond donors (Lipinski definition) is 2. The summed E-state index contributed by atoms with van der Waals surface area (Å²) in [5.74, 6) is -0.913. The standard InChI is InChI=1S/C22H26N2O5/c1-15(25)23-24-20(26)14-29-21(27)17-7-5-16(6-8-17)13-28-19-11-9-18(10-12-19)22(2,3)4/h5-12H,13-14H2,1-4H3,(H,23,25)(H,24,26). The summed E-state index contributed by atoms with van der Waals surface area (Å²) in [5.41, 5.74) is 6.75. The number of amides is 2. The Morgan fingerprint density at radius 3 is 2.07 bits per heavy atom. The van der Waals surface area contributed by atoms with Crippen LogP contribution in [0.5, 0.6) is 5.75 Å². The molecule has 0 aliphatic heterocycles. The predicted molar refractivity (Wildman–Crippen MR) is 108 cm³/mol. The third kappa shape index (κ3) is 7.29. The number of rotatable bonds is 6. The van der Waals surface area contributed by atoms with Crippen molar-refractivity contribution in [1.29, 1.82) is 0 Å². The Balaban J connectivity index is 1.82. The minimum absolute atomic E-state index is 0.0909. The maximum absolute atomic E-state index is 12.0.